The molecule has 1 aliphatic rings. The van der Waals surface area contributed by atoms with Gasteiger partial charge in [-0.05, 0) is 51.5 Å². The van der Waals surface area contributed by atoms with Crippen molar-refractivity contribution < 1.29 is 4.74 Å². The van der Waals surface area contributed by atoms with Crippen molar-refractivity contribution in [3.8, 4) is 0 Å². The predicted octanol–water partition coefficient (Wildman–Crippen LogP) is 3.13. The van der Waals surface area contributed by atoms with Crippen molar-refractivity contribution in [2.75, 3.05) is 19.7 Å². The van der Waals surface area contributed by atoms with E-state index in [0.29, 0.717) is 12.1 Å². The van der Waals surface area contributed by atoms with E-state index < -0.39 is 0 Å². The van der Waals surface area contributed by atoms with Crippen LogP contribution in [0.2, 0.25) is 0 Å². The normalized spacial score (nSPS) is 19.6. The molecular weight excluding hydrogens is 286 g/mol. The summed E-state index contributed by atoms with van der Waals surface area (Å²) in [6, 6.07) is 11.0. The Hall–Kier alpha value is -1.55. The molecule has 0 amide bonds. The minimum atomic E-state index is 0.399. The number of hydrogen-bond acceptors (Lipinski definition) is 2. The Bertz CT molecular complexity index is 455. The molecule has 4 heteroatoms. The number of ether oxygens (including phenoxy) is 1. The second-order valence-corrected chi connectivity index (χ2v) is 6.25. The molecule has 1 fully saturated rings. The fourth-order valence-electron chi connectivity index (χ4n) is 2.85. The second kappa shape index (κ2) is 10.3. The van der Waals surface area contributed by atoms with Crippen molar-refractivity contribution in [1.29, 1.82) is 0 Å². The Morgan fingerprint density at radius 2 is 2.17 bits per heavy atom. The average Bonchev–Trinajstić information content (AvgIpc) is 3.07. The maximum Gasteiger partial charge on any atom is 0.191 e. The molecule has 1 aromatic carbocycles. The number of rotatable bonds is 8. The summed E-state index contributed by atoms with van der Waals surface area (Å²) in [5.74, 6) is 0.922. The molecule has 1 saturated heterocycles. The summed E-state index contributed by atoms with van der Waals surface area (Å²) in [5, 5.41) is 6.85. The Morgan fingerprint density at radius 3 is 2.87 bits per heavy atom. The van der Waals surface area contributed by atoms with Crippen molar-refractivity contribution in [1.82, 2.24) is 10.6 Å². The number of aryl methyl sites for hydroxylation is 1. The Morgan fingerprint density at radius 1 is 1.35 bits per heavy atom. The summed E-state index contributed by atoms with van der Waals surface area (Å²) in [6.07, 6.45) is 6.01. The molecule has 0 aliphatic carbocycles. The third-order valence-corrected chi connectivity index (χ3v) is 4.18. The lowest BCUT2D eigenvalue weighted by molar-refractivity contribution is 0.106. The van der Waals surface area contributed by atoms with E-state index >= 15 is 0 Å². The molecule has 2 rings (SSSR count). The monoisotopic (exact) mass is 317 g/mol. The van der Waals surface area contributed by atoms with Crippen LogP contribution in [0.3, 0.4) is 0 Å². The molecule has 0 bridgehead atoms. The average molecular weight is 317 g/mol. The summed E-state index contributed by atoms with van der Waals surface area (Å²) in [7, 11) is 0. The second-order valence-electron chi connectivity index (χ2n) is 6.25. The summed E-state index contributed by atoms with van der Waals surface area (Å²) < 4.78 is 5.65. The van der Waals surface area contributed by atoms with Gasteiger partial charge in [0.05, 0.1) is 6.10 Å². The first-order valence-electron chi connectivity index (χ1n) is 8.98. The van der Waals surface area contributed by atoms with Gasteiger partial charge >= 0.3 is 0 Å². The zero-order valence-corrected chi connectivity index (χ0v) is 14.6. The Balaban J connectivity index is 1.73. The zero-order chi connectivity index (χ0) is 16.3. The van der Waals surface area contributed by atoms with E-state index in [0.717, 1.165) is 44.9 Å². The lowest BCUT2D eigenvalue weighted by Gasteiger charge is -2.18. The van der Waals surface area contributed by atoms with Crippen LogP contribution in [-0.4, -0.2) is 37.8 Å². The highest BCUT2D eigenvalue weighted by molar-refractivity contribution is 5.80. The topological polar surface area (TPSA) is 45.7 Å². The molecule has 1 aliphatic heterocycles. The number of hydrogen-bond donors (Lipinski definition) is 2. The summed E-state index contributed by atoms with van der Waals surface area (Å²) in [4.78, 5) is 4.69. The number of nitrogens with one attached hydrogen (secondary N) is 2. The summed E-state index contributed by atoms with van der Waals surface area (Å²) in [5.41, 5.74) is 1.39. The first kappa shape index (κ1) is 17.8. The van der Waals surface area contributed by atoms with Gasteiger partial charge < -0.3 is 15.4 Å². The van der Waals surface area contributed by atoms with E-state index in [1.54, 1.807) is 0 Å². The maximum absolute atomic E-state index is 5.65. The molecule has 0 spiro atoms. The van der Waals surface area contributed by atoms with Crippen molar-refractivity contribution in [3.05, 3.63) is 35.9 Å². The van der Waals surface area contributed by atoms with Crippen LogP contribution in [0.15, 0.2) is 35.3 Å². The maximum atomic E-state index is 5.65. The van der Waals surface area contributed by atoms with E-state index in [2.05, 4.69) is 59.8 Å². The third kappa shape index (κ3) is 7.04. The largest absolute Gasteiger partial charge is 0.378 e. The van der Waals surface area contributed by atoms with Crippen LogP contribution in [0, 0.1) is 0 Å². The van der Waals surface area contributed by atoms with E-state index in [4.69, 9.17) is 4.74 Å². The van der Waals surface area contributed by atoms with Gasteiger partial charge in [0.2, 0.25) is 0 Å². The van der Waals surface area contributed by atoms with Crippen LogP contribution in [0.4, 0.5) is 0 Å². The Labute approximate surface area is 140 Å². The lowest BCUT2D eigenvalue weighted by atomic mass is 10.1. The first-order chi connectivity index (χ1) is 11.3. The van der Waals surface area contributed by atoms with E-state index in [1.165, 1.54) is 18.4 Å². The molecule has 1 aromatic rings. The molecule has 2 N–H and O–H groups in total. The molecule has 23 heavy (non-hydrogen) atoms. The van der Waals surface area contributed by atoms with E-state index in [9.17, 15) is 0 Å². The van der Waals surface area contributed by atoms with E-state index in [-0.39, 0.29) is 0 Å². The number of benzene rings is 1. The quantitative estimate of drug-likeness (QED) is 0.572. The highest BCUT2D eigenvalue weighted by Crippen LogP contribution is 2.14. The minimum Gasteiger partial charge on any atom is -0.378 e. The number of nitrogens with zero attached hydrogens (tertiary/aromatic N) is 1. The van der Waals surface area contributed by atoms with Crippen LogP contribution in [0.5, 0.6) is 0 Å². The van der Waals surface area contributed by atoms with Gasteiger partial charge in [0.25, 0.3) is 0 Å². The molecule has 4 nitrogen and oxygen atoms in total. The molecule has 0 radical (unpaired) electrons. The van der Waals surface area contributed by atoms with Gasteiger partial charge in [0.15, 0.2) is 5.96 Å². The fraction of sp³-hybridized carbons (Fsp3) is 0.632. The van der Waals surface area contributed by atoms with Gasteiger partial charge in [-0.1, -0.05) is 30.3 Å². The van der Waals surface area contributed by atoms with Crippen LogP contribution in [0.1, 0.15) is 45.1 Å². The summed E-state index contributed by atoms with van der Waals surface area (Å²) >= 11 is 0. The van der Waals surface area contributed by atoms with Crippen LogP contribution < -0.4 is 10.6 Å². The molecule has 2 unspecified atom stereocenters. The third-order valence-electron chi connectivity index (χ3n) is 4.18. The van der Waals surface area contributed by atoms with Gasteiger partial charge in [-0.15, -0.1) is 0 Å². The van der Waals surface area contributed by atoms with Gasteiger partial charge in [-0.25, -0.2) is 0 Å². The van der Waals surface area contributed by atoms with Crippen molar-refractivity contribution in [3.63, 3.8) is 0 Å². The van der Waals surface area contributed by atoms with Crippen LogP contribution >= 0.6 is 0 Å². The van der Waals surface area contributed by atoms with E-state index in [1.807, 2.05) is 0 Å². The van der Waals surface area contributed by atoms with Gasteiger partial charge in [0.1, 0.15) is 0 Å². The zero-order valence-electron chi connectivity index (χ0n) is 14.6. The van der Waals surface area contributed by atoms with Gasteiger partial charge in [-0.3, -0.25) is 4.99 Å². The highest BCUT2D eigenvalue weighted by atomic mass is 16.5. The van der Waals surface area contributed by atoms with Crippen LogP contribution in [-0.2, 0) is 11.2 Å². The predicted molar refractivity (Wildman–Crippen MR) is 96.9 cm³/mol. The molecule has 128 valence electrons. The SMILES string of the molecule is CCNC(=NCCC1CCCO1)NC(C)CCc1ccccc1. The number of guanidine groups is 1. The smallest absolute Gasteiger partial charge is 0.191 e. The van der Waals surface area contributed by atoms with Crippen molar-refractivity contribution in [2.45, 2.75) is 58.1 Å². The van der Waals surface area contributed by atoms with Gasteiger partial charge in [0, 0.05) is 25.7 Å². The Kier molecular flexibility index (Phi) is 7.95. The highest BCUT2D eigenvalue weighted by Gasteiger charge is 2.14. The molecule has 0 aromatic heterocycles. The van der Waals surface area contributed by atoms with Crippen molar-refractivity contribution >= 4 is 5.96 Å². The molecule has 2 atom stereocenters. The molecule has 0 saturated carbocycles. The number of aliphatic imine (C=N–C) groups is 1. The first-order valence-corrected chi connectivity index (χ1v) is 8.98. The standard InChI is InChI=1S/C19H31N3O/c1-3-20-19(21-14-13-18-10-7-15-23-18)22-16(2)11-12-17-8-5-4-6-9-17/h4-6,8-9,16,18H,3,7,10-15H2,1-2H3,(H2,20,21,22). The van der Waals surface area contributed by atoms with Gasteiger partial charge in [-0.2, -0.15) is 0 Å². The minimum absolute atomic E-state index is 0.399. The lowest BCUT2D eigenvalue weighted by Crippen LogP contribution is -2.42. The molecular formula is C19H31N3O. The molecule has 1 heterocycles. The van der Waals surface area contributed by atoms with Crippen LogP contribution in [0.25, 0.3) is 0 Å². The summed E-state index contributed by atoms with van der Waals surface area (Å²) in [6.45, 7) is 6.95. The fourth-order valence-corrected chi connectivity index (χ4v) is 2.85. The van der Waals surface area contributed by atoms with Crippen molar-refractivity contribution in [2.24, 2.45) is 4.99 Å².